The van der Waals surface area contributed by atoms with Crippen LogP contribution < -0.4 is 16.0 Å². The van der Waals surface area contributed by atoms with Crippen LogP contribution in [0, 0.1) is 0 Å². The molecule has 54 heavy (non-hydrogen) atoms. The average Bonchev–Trinajstić information content (AvgIpc) is 3.13. The van der Waals surface area contributed by atoms with Crippen molar-refractivity contribution in [3.63, 3.8) is 0 Å². The Morgan fingerprint density at radius 3 is 1.56 bits per heavy atom. The lowest BCUT2D eigenvalue weighted by atomic mass is 9.94. The van der Waals surface area contributed by atoms with Crippen LogP contribution in [0.1, 0.15) is 20.8 Å². The zero-order valence-electron chi connectivity index (χ0n) is 29.5. The van der Waals surface area contributed by atoms with Gasteiger partial charge in [0.2, 0.25) is 17.7 Å². The van der Waals surface area contributed by atoms with E-state index in [-0.39, 0.29) is 0 Å². The summed E-state index contributed by atoms with van der Waals surface area (Å²) < 4.78 is 34.3. The fourth-order valence-corrected chi connectivity index (χ4v) is 6.36. The fraction of sp³-hybridized carbons (Fsp3) is 0.900. The molecule has 3 heterocycles. The molecule has 0 radical (unpaired) electrons. The number of aliphatic hydroxyl groups excluding tert-OH is 12. The van der Waals surface area contributed by atoms with Crippen LogP contribution in [-0.4, -0.2) is 228 Å². The number of rotatable bonds is 17. The molecule has 3 saturated heterocycles. The van der Waals surface area contributed by atoms with Gasteiger partial charge >= 0.3 is 0 Å². The standard InChI is InChI=1S/C30H53N3O21/c1-9(39)31-12(4-34)25(19(43)13(42)5-35)52-29-18(33-11(3)41)22(46)26(15(7-37)50-29)54-30-24(48)23(47)27(16(8-38)51-30)53-28-17(32-10(2)40)21(45)20(44)14(6-36)49-28/h12-30,34-38,42-48H,4-8H2,1-3H3,(H,31,39)(H,32,40)(H,33,41)/t12-,13+,14+,15+,16+,17+,18+,19-,20+,21+,22+,23+,24+,25+,26+,27-,28+,29-,30-/m0/s1. The van der Waals surface area contributed by atoms with Crippen molar-refractivity contribution in [2.24, 2.45) is 0 Å². The average molecular weight is 792 g/mol. The van der Waals surface area contributed by atoms with E-state index in [9.17, 15) is 75.7 Å². The maximum Gasteiger partial charge on any atom is 0.217 e. The van der Waals surface area contributed by atoms with Gasteiger partial charge in [0.25, 0.3) is 0 Å². The highest BCUT2D eigenvalue weighted by Gasteiger charge is 2.55. The number of hydrogen-bond donors (Lipinski definition) is 15. The zero-order valence-corrected chi connectivity index (χ0v) is 29.5. The Morgan fingerprint density at radius 2 is 1.07 bits per heavy atom. The number of carbonyl (C=O) groups is 3. The molecule has 0 aromatic rings. The molecule has 0 bridgehead atoms. The molecule has 0 saturated carbocycles. The highest BCUT2D eigenvalue weighted by Crippen LogP contribution is 2.33. The number of ether oxygens (including phenoxy) is 6. The highest BCUT2D eigenvalue weighted by atomic mass is 16.8. The van der Waals surface area contributed by atoms with Gasteiger partial charge in [0.05, 0.1) is 39.1 Å². The number of hydrogen-bond acceptors (Lipinski definition) is 21. The lowest BCUT2D eigenvalue weighted by Crippen LogP contribution is -2.69. The molecule has 0 spiro atoms. The van der Waals surface area contributed by atoms with Crippen molar-refractivity contribution in [3.05, 3.63) is 0 Å². The molecule has 3 fully saturated rings. The highest BCUT2D eigenvalue weighted by molar-refractivity contribution is 5.74. The van der Waals surface area contributed by atoms with E-state index in [1.54, 1.807) is 0 Å². The van der Waals surface area contributed by atoms with Crippen LogP contribution in [0.4, 0.5) is 0 Å². The Balaban J connectivity index is 1.87. The molecule has 3 amide bonds. The molecule has 24 heteroatoms. The first kappa shape index (κ1) is 46.1. The topological polar surface area (TPSA) is 385 Å². The van der Waals surface area contributed by atoms with Crippen LogP contribution in [0.3, 0.4) is 0 Å². The maximum absolute atomic E-state index is 12.2. The molecule has 3 aliphatic rings. The maximum atomic E-state index is 12.2. The van der Waals surface area contributed by atoms with E-state index >= 15 is 0 Å². The van der Waals surface area contributed by atoms with Gasteiger partial charge in [0.15, 0.2) is 18.9 Å². The van der Waals surface area contributed by atoms with Gasteiger partial charge in [-0.3, -0.25) is 14.4 Å². The number of aliphatic hydroxyl groups is 12. The Kier molecular flexibility index (Phi) is 17.7. The summed E-state index contributed by atoms with van der Waals surface area (Å²) in [5, 5.41) is 132. The summed E-state index contributed by atoms with van der Waals surface area (Å²) in [5.74, 6) is -2.17. The molecule has 3 rings (SSSR count). The Hall–Kier alpha value is -2.31. The van der Waals surface area contributed by atoms with Crippen LogP contribution in [0.15, 0.2) is 0 Å². The number of amides is 3. The van der Waals surface area contributed by atoms with Crippen LogP contribution in [-0.2, 0) is 42.8 Å². The van der Waals surface area contributed by atoms with Crippen LogP contribution in [0.2, 0.25) is 0 Å². The van der Waals surface area contributed by atoms with Gasteiger partial charge in [0, 0.05) is 20.8 Å². The summed E-state index contributed by atoms with van der Waals surface area (Å²) in [6.45, 7) is -1.36. The summed E-state index contributed by atoms with van der Waals surface area (Å²) >= 11 is 0. The fourth-order valence-electron chi connectivity index (χ4n) is 6.36. The summed E-state index contributed by atoms with van der Waals surface area (Å²) in [4.78, 5) is 35.9. The predicted octanol–water partition coefficient (Wildman–Crippen LogP) is -9.68. The van der Waals surface area contributed by atoms with Gasteiger partial charge in [-0.1, -0.05) is 0 Å². The molecule has 0 aromatic heterocycles. The first-order valence-electron chi connectivity index (χ1n) is 17.0. The quantitative estimate of drug-likeness (QED) is 0.0650. The summed E-state index contributed by atoms with van der Waals surface area (Å²) in [6.07, 6.45) is -28.6. The van der Waals surface area contributed by atoms with E-state index in [4.69, 9.17) is 28.4 Å². The van der Waals surface area contributed by atoms with Gasteiger partial charge in [-0.15, -0.1) is 0 Å². The third-order valence-electron chi connectivity index (χ3n) is 9.07. The van der Waals surface area contributed by atoms with Crippen molar-refractivity contribution in [1.29, 1.82) is 0 Å². The van der Waals surface area contributed by atoms with E-state index in [0.717, 1.165) is 20.8 Å². The second-order valence-corrected chi connectivity index (χ2v) is 13.1. The van der Waals surface area contributed by atoms with Gasteiger partial charge in [-0.25, -0.2) is 0 Å². The summed E-state index contributed by atoms with van der Waals surface area (Å²) in [7, 11) is 0. The normalized spacial score (nSPS) is 39.5. The van der Waals surface area contributed by atoms with Crippen LogP contribution in [0.25, 0.3) is 0 Å². The monoisotopic (exact) mass is 791 g/mol. The molecule has 19 atom stereocenters. The molecule has 3 aliphatic heterocycles. The van der Waals surface area contributed by atoms with Crippen molar-refractivity contribution < 1.29 is 104 Å². The Morgan fingerprint density at radius 1 is 0.593 bits per heavy atom. The molecule has 314 valence electrons. The number of nitrogens with one attached hydrogen (secondary N) is 3. The van der Waals surface area contributed by atoms with Gasteiger partial charge in [-0.2, -0.15) is 0 Å². The third kappa shape index (κ3) is 11.0. The third-order valence-corrected chi connectivity index (χ3v) is 9.07. The minimum Gasteiger partial charge on any atom is -0.394 e. The van der Waals surface area contributed by atoms with Crippen LogP contribution >= 0.6 is 0 Å². The van der Waals surface area contributed by atoms with Crippen LogP contribution in [0.5, 0.6) is 0 Å². The summed E-state index contributed by atoms with van der Waals surface area (Å²) in [5.41, 5.74) is 0. The van der Waals surface area contributed by atoms with Gasteiger partial charge < -0.3 is 106 Å². The zero-order chi connectivity index (χ0) is 40.6. The lowest BCUT2D eigenvalue weighted by molar-refractivity contribution is -0.370. The first-order valence-corrected chi connectivity index (χ1v) is 17.0. The second kappa shape index (κ2) is 20.7. The molecular weight excluding hydrogens is 738 g/mol. The van der Waals surface area contributed by atoms with E-state index in [1.807, 2.05) is 0 Å². The molecule has 24 nitrogen and oxygen atoms in total. The van der Waals surface area contributed by atoms with Gasteiger partial charge in [-0.05, 0) is 0 Å². The van der Waals surface area contributed by atoms with Crippen molar-refractivity contribution in [2.75, 3.05) is 33.0 Å². The van der Waals surface area contributed by atoms with E-state index in [1.165, 1.54) is 0 Å². The number of carbonyl (C=O) groups excluding carboxylic acids is 3. The van der Waals surface area contributed by atoms with E-state index in [2.05, 4.69) is 16.0 Å². The summed E-state index contributed by atoms with van der Waals surface area (Å²) in [6, 6.07) is -4.58. The smallest absolute Gasteiger partial charge is 0.217 e. The molecule has 0 unspecified atom stereocenters. The minimum absolute atomic E-state index is 0.689. The molecule has 0 aliphatic carbocycles. The van der Waals surface area contributed by atoms with E-state index < -0.39 is 167 Å². The largest absolute Gasteiger partial charge is 0.394 e. The van der Waals surface area contributed by atoms with Crippen molar-refractivity contribution in [1.82, 2.24) is 16.0 Å². The molecule has 15 N–H and O–H groups in total. The van der Waals surface area contributed by atoms with E-state index in [0.29, 0.717) is 0 Å². The Labute approximate surface area is 308 Å². The van der Waals surface area contributed by atoms with Crippen molar-refractivity contribution in [3.8, 4) is 0 Å². The molecule has 0 aromatic carbocycles. The second-order valence-electron chi connectivity index (χ2n) is 13.1. The SMILES string of the molecule is CC(=O)N[C@H]1[C@H](O[C@@H]([C@@H](O)[C@H](O)CO)[C@H](CO)NC(C)=O)O[C@H](CO)[C@@H](O[C@@H]2O[C@H](CO)[C@H](O[C@H]3O[C@H](CO)[C@@H](O)[C@H](O)[C@H]3NC(C)=O)[C@H](O)[C@H]2O)[C@@H]1O. The first-order chi connectivity index (χ1) is 25.4. The Bertz CT molecular complexity index is 1210. The van der Waals surface area contributed by atoms with Crippen molar-refractivity contribution in [2.45, 2.75) is 137 Å². The predicted molar refractivity (Wildman–Crippen MR) is 171 cm³/mol. The van der Waals surface area contributed by atoms with Gasteiger partial charge in [0.1, 0.15) is 91.4 Å². The van der Waals surface area contributed by atoms with Crippen molar-refractivity contribution >= 4 is 17.7 Å². The minimum atomic E-state index is -2.08. The molecular formula is C30H53N3O21. The lowest BCUT2D eigenvalue weighted by Gasteiger charge is -2.49.